The summed E-state index contributed by atoms with van der Waals surface area (Å²) in [7, 11) is 0. The van der Waals surface area contributed by atoms with E-state index in [9.17, 15) is 9.59 Å². The zero-order chi connectivity index (χ0) is 15.8. The van der Waals surface area contributed by atoms with Crippen LogP contribution in [0.5, 0.6) is 0 Å². The molecule has 1 amide bonds. The first kappa shape index (κ1) is 15.4. The second-order valence-corrected chi connectivity index (χ2v) is 4.65. The Morgan fingerprint density at radius 1 is 0.909 bits per heavy atom. The molecule has 2 rings (SSSR count). The number of benzene rings is 2. The molecular weight excluding hydrogens is 274 g/mol. The highest BCUT2D eigenvalue weighted by Gasteiger charge is 2.09. The lowest BCUT2D eigenvalue weighted by molar-refractivity contribution is -0.111. The second kappa shape index (κ2) is 7.74. The molecule has 0 aliphatic heterocycles. The van der Waals surface area contributed by atoms with E-state index in [1.807, 2.05) is 31.2 Å². The van der Waals surface area contributed by atoms with Gasteiger partial charge < -0.3 is 5.32 Å². The van der Waals surface area contributed by atoms with E-state index in [2.05, 4.69) is 5.32 Å². The van der Waals surface area contributed by atoms with Gasteiger partial charge in [-0.2, -0.15) is 0 Å². The highest BCUT2D eigenvalue weighted by molar-refractivity contribution is 6.10. The first-order chi connectivity index (χ1) is 10.7. The molecule has 0 atom stereocenters. The Balaban J connectivity index is 2.13. The maximum absolute atomic E-state index is 12.4. The number of ketones is 1. The molecule has 1 N–H and O–H groups in total. The zero-order valence-corrected chi connectivity index (χ0v) is 12.3. The van der Waals surface area contributed by atoms with Crippen LogP contribution in [0.25, 0.3) is 0 Å². The summed E-state index contributed by atoms with van der Waals surface area (Å²) in [5.41, 5.74) is 1.76. The number of anilines is 1. The van der Waals surface area contributed by atoms with Crippen molar-refractivity contribution in [2.75, 3.05) is 5.32 Å². The van der Waals surface area contributed by atoms with Crippen molar-refractivity contribution < 1.29 is 9.59 Å². The van der Waals surface area contributed by atoms with Gasteiger partial charge in [-0.25, -0.2) is 0 Å². The van der Waals surface area contributed by atoms with Crippen LogP contribution >= 0.6 is 0 Å². The Morgan fingerprint density at radius 3 is 2.36 bits per heavy atom. The monoisotopic (exact) mass is 291 g/mol. The Hall–Kier alpha value is -2.94. The van der Waals surface area contributed by atoms with E-state index in [-0.39, 0.29) is 11.7 Å². The van der Waals surface area contributed by atoms with Gasteiger partial charge in [-0.15, -0.1) is 0 Å². The Kier molecular flexibility index (Phi) is 5.44. The predicted octanol–water partition coefficient (Wildman–Crippen LogP) is 3.99. The lowest BCUT2D eigenvalue weighted by Crippen LogP contribution is -2.09. The first-order valence-electron chi connectivity index (χ1n) is 7.01. The van der Waals surface area contributed by atoms with Gasteiger partial charge in [0.25, 0.3) is 0 Å². The number of carbonyl (C=O) groups excluding carboxylic acids is 2. The van der Waals surface area contributed by atoms with Crippen molar-refractivity contribution in [1.29, 1.82) is 0 Å². The average Bonchev–Trinajstić information content (AvgIpc) is 2.55. The van der Waals surface area contributed by atoms with E-state index in [0.717, 1.165) is 0 Å². The molecule has 0 spiro atoms. The molecule has 0 aliphatic rings. The average molecular weight is 291 g/mol. The zero-order valence-electron chi connectivity index (χ0n) is 12.3. The van der Waals surface area contributed by atoms with Gasteiger partial charge in [0.15, 0.2) is 5.78 Å². The third kappa shape index (κ3) is 4.28. The molecule has 0 saturated carbocycles. The minimum absolute atomic E-state index is 0.0684. The summed E-state index contributed by atoms with van der Waals surface area (Å²) in [6.07, 6.45) is 6.71. The Bertz CT molecular complexity index is 715. The van der Waals surface area contributed by atoms with Gasteiger partial charge >= 0.3 is 0 Å². The Labute approximate surface area is 130 Å². The molecule has 22 heavy (non-hydrogen) atoms. The maximum Gasteiger partial charge on any atom is 0.248 e. The van der Waals surface area contributed by atoms with Crippen molar-refractivity contribution in [1.82, 2.24) is 0 Å². The van der Waals surface area contributed by atoms with E-state index in [1.165, 1.54) is 6.08 Å². The van der Waals surface area contributed by atoms with Gasteiger partial charge in [0.1, 0.15) is 0 Å². The van der Waals surface area contributed by atoms with E-state index in [1.54, 1.807) is 48.6 Å². The fourth-order valence-corrected chi connectivity index (χ4v) is 1.93. The fraction of sp³-hybridized carbons (Fsp3) is 0.0526. The van der Waals surface area contributed by atoms with Crippen LogP contribution in [-0.2, 0) is 4.79 Å². The summed E-state index contributed by atoms with van der Waals surface area (Å²) in [4.78, 5) is 24.1. The van der Waals surface area contributed by atoms with Crippen LogP contribution in [0.4, 0.5) is 5.69 Å². The number of nitrogens with one attached hydrogen (secondary N) is 1. The molecule has 0 bridgehead atoms. The van der Waals surface area contributed by atoms with Crippen molar-refractivity contribution in [3.8, 4) is 0 Å². The highest BCUT2D eigenvalue weighted by atomic mass is 16.1. The quantitative estimate of drug-likeness (QED) is 0.514. The van der Waals surface area contributed by atoms with Gasteiger partial charge in [0, 0.05) is 22.9 Å². The normalized spacial score (nSPS) is 11.0. The molecule has 3 nitrogen and oxygen atoms in total. The van der Waals surface area contributed by atoms with E-state index >= 15 is 0 Å². The predicted molar refractivity (Wildman–Crippen MR) is 88.9 cm³/mol. The van der Waals surface area contributed by atoms with Crippen molar-refractivity contribution in [3.05, 3.63) is 90.0 Å². The van der Waals surface area contributed by atoms with Crippen molar-refractivity contribution in [2.24, 2.45) is 0 Å². The largest absolute Gasteiger partial charge is 0.322 e. The van der Waals surface area contributed by atoms with Crippen LogP contribution < -0.4 is 5.32 Å². The van der Waals surface area contributed by atoms with Crippen LogP contribution in [0, 0.1) is 0 Å². The summed E-state index contributed by atoms with van der Waals surface area (Å²) < 4.78 is 0. The lowest BCUT2D eigenvalue weighted by atomic mass is 10.0. The molecule has 0 saturated heterocycles. The molecule has 0 fully saturated rings. The molecule has 0 unspecified atom stereocenters. The maximum atomic E-state index is 12.4. The van der Waals surface area contributed by atoms with Crippen LogP contribution in [0.15, 0.2) is 78.9 Å². The molecule has 110 valence electrons. The Morgan fingerprint density at radius 2 is 1.64 bits per heavy atom. The molecule has 0 aromatic heterocycles. The van der Waals surface area contributed by atoms with Gasteiger partial charge in [-0.1, -0.05) is 60.7 Å². The summed E-state index contributed by atoms with van der Waals surface area (Å²) in [6, 6.07) is 16.0. The van der Waals surface area contributed by atoms with E-state index in [4.69, 9.17) is 0 Å². The van der Waals surface area contributed by atoms with E-state index in [0.29, 0.717) is 16.8 Å². The number of carbonyl (C=O) groups is 2. The SMILES string of the molecule is C/C=C/C=C/C(=O)Nc1cccc(C(=O)c2ccccc2)c1. The minimum atomic E-state index is -0.234. The fourth-order valence-electron chi connectivity index (χ4n) is 1.93. The molecule has 0 heterocycles. The molecule has 3 heteroatoms. The topological polar surface area (TPSA) is 46.2 Å². The van der Waals surface area contributed by atoms with Crippen LogP contribution in [-0.4, -0.2) is 11.7 Å². The summed E-state index contributed by atoms with van der Waals surface area (Å²) >= 11 is 0. The van der Waals surface area contributed by atoms with Crippen LogP contribution in [0.1, 0.15) is 22.8 Å². The third-order valence-electron chi connectivity index (χ3n) is 2.98. The van der Waals surface area contributed by atoms with Gasteiger partial charge in [0.2, 0.25) is 5.91 Å². The van der Waals surface area contributed by atoms with Gasteiger partial charge in [0.05, 0.1) is 0 Å². The van der Waals surface area contributed by atoms with Crippen LogP contribution in [0.2, 0.25) is 0 Å². The standard InChI is InChI=1S/C19H17NO2/c1-2-3-5-13-18(21)20-17-12-8-11-16(14-17)19(22)15-9-6-4-7-10-15/h2-14H,1H3,(H,20,21)/b3-2+,13-5+. The summed E-state index contributed by atoms with van der Waals surface area (Å²) in [5.74, 6) is -0.302. The number of allylic oxidation sites excluding steroid dienone is 3. The van der Waals surface area contributed by atoms with Gasteiger partial charge in [-0.05, 0) is 19.1 Å². The number of hydrogen-bond acceptors (Lipinski definition) is 2. The first-order valence-corrected chi connectivity index (χ1v) is 7.01. The molecule has 0 radical (unpaired) electrons. The highest BCUT2D eigenvalue weighted by Crippen LogP contribution is 2.15. The molecule has 0 aliphatic carbocycles. The van der Waals surface area contributed by atoms with Crippen molar-refractivity contribution in [2.45, 2.75) is 6.92 Å². The number of rotatable bonds is 5. The van der Waals surface area contributed by atoms with Crippen molar-refractivity contribution in [3.63, 3.8) is 0 Å². The van der Waals surface area contributed by atoms with Crippen molar-refractivity contribution >= 4 is 17.4 Å². The molecule has 2 aromatic carbocycles. The molecular formula is C19H17NO2. The number of amides is 1. The second-order valence-electron chi connectivity index (χ2n) is 4.65. The minimum Gasteiger partial charge on any atom is -0.322 e. The lowest BCUT2D eigenvalue weighted by Gasteiger charge is -2.05. The molecule has 2 aromatic rings. The smallest absolute Gasteiger partial charge is 0.248 e. The third-order valence-corrected chi connectivity index (χ3v) is 2.98. The van der Waals surface area contributed by atoms with E-state index < -0.39 is 0 Å². The summed E-state index contributed by atoms with van der Waals surface area (Å²) in [5, 5.41) is 2.74. The van der Waals surface area contributed by atoms with Crippen LogP contribution in [0.3, 0.4) is 0 Å². The van der Waals surface area contributed by atoms with Gasteiger partial charge in [-0.3, -0.25) is 9.59 Å². The number of hydrogen-bond donors (Lipinski definition) is 1. The summed E-state index contributed by atoms with van der Waals surface area (Å²) in [6.45, 7) is 1.88.